The second kappa shape index (κ2) is 6.98. The molecule has 1 aliphatic rings. The summed E-state index contributed by atoms with van der Waals surface area (Å²) in [5.74, 6) is -0.0549. The Morgan fingerprint density at radius 2 is 1.78 bits per heavy atom. The van der Waals surface area contributed by atoms with Crippen molar-refractivity contribution in [1.29, 1.82) is 0 Å². The molecule has 0 saturated carbocycles. The van der Waals surface area contributed by atoms with E-state index in [0.29, 0.717) is 15.3 Å². The maximum Gasteiger partial charge on any atom is 0.270 e. The van der Waals surface area contributed by atoms with Crippen LogP contribution in [-0.2, 0) is 4.79 Å². The lowest BCUT2D eigenvalue weighted by molar-refractivity contribution is -0.113. The molecule has 27 heavy (non-hydrogen) atoms. The lowest BCUT2D eigenvalue weighted by Crippen LogP contribution is -2.28. The molecule has 0 radical (unpaired) electrons. The number of hydrogen-bond donors (Lipinski definition) is 0. The van der Waals surface area contributed by atoms with Crippen LogP contribution in [0.4, 0.5) is 5.69 Å². The van der Waals surface area contributed by atoms with E-state index in [9.17, 15) is 4.79 Å². The Kier molecular flexibility index (Phi) is 4.66. The molecule has 1 aromatic heterocycles. The zero-order chi connectivity index (χ0) is 19.1. The second-order valence-corrected chi connectivity index (χ2v) is 8.58. The van der Waals surface area contributed by atoms with Crippen LogP contribution in [0.15, 0.2) is 59.6 Å². The number of anilines is 1. The van der Waals surface area contributed by atoms with Crippen molar-refractivity contribution in [3.63, 3.8) is 0 Å². The van der Waals surface area contributed by atoms with Crippen LogP contribution in [0.2, 0.25) is 0 Å². The number of carbonyl (C=O) groups excluding carboxylic acids is 1. The third-order valence-corrected chi connectivity index (χ3v) is 6.07. The minimum Gasteiger partial charge on any atom is -0.344 e. The Morgan fingerprint density at radius 1 is 1.07 bits per heavy atom. The highest BCUT2D eigenvalue weighted by Crippen LogP contribution is 2.38. The van der Waals surface area contributed by atoms with Gasteiger partial charge in [-0.25, -0.2) is 0 Å². The quantitative estimate of drug-likeness (QED) is 0.408. The van der Waals surface area contributed by atoms with E-state index >= 15 is 0 Å². The fourth-order valence-corrected chi connectivity index (χ4v) is 4.68. The van der Waals surface area contributed by atoms with Gasteiger partial charge in [0.2, 0.25) is 0 Å². The number of rotatable bonds is 3. The zero-order valence-electron chi connectivity index (χ0n) is 15.5. The van der Waals surface area contributed by atoms with Gasteiger partial charge in [0, 0.05) is 28.7 Å². The van der Waals surface area contributed by atoms with Gasteiger partial charge in [0.1, 0.15) is 0 Å². The van der Waals surface area contributed by atoms with E-state index in [-0.39, 0.29) is 5.91 Å². The summed E-state index contributed by atoms with van der Waals surface area (Å²) in [6.07, 6.45) is 4.09. The van der Waals surface area contributed by atoms with Crippen molar-refractivity contribution < 1.29 is 4.79 Å². The topological polar surface area (TPSA) is 25.2 Å². The van der Waals surface area contributed by atoms with E-state index in [2.05, 4.69) is 36.7 Å². The number of fused-ring (bicyclic) bond motifs is 1. The molecule has 1 aliphatic heterocycles. The number of carbonyl (C=O) groups is 1. The van der Waals surface area contributed by atoms with Crippen molar-refractivity contribution in [3.8, 4) is 0 Å². The predicted octanol–water partition coefficient (Wildman–Crippen LogP) is 5.94. The van der Waals surface area contributed by atoms with Crippen LogP contribution in [0.3, 0.4) is 0 Å². The standard InChI is InChI=1S/C22H20N2OS2/c1-14(2)23-13-16(17-9-5-7-11-19(17)23)12-20-21(25)24(22(26)27-20)18-10-6-4-8-15(18)3/h4-14H,1-3H3/b20-12+. The number of thioether (sulfide) groups is 1. The molecule has 0 atom stereocenters. The minimum atomic E-state index is -0.0549. The van der Waals surface area contributed by atoms with Gasteiger partial charge in [0.15, 0.2) is 4.32 Å². The smallest absolute Gasteiger partial charge is 0.270 e. The first-order valence-electron chi connectivity index (χ1n) is 8.90. The summed E-state index contributed by atoms with van der Waals surface area (Å²) >= 11 is 6.88. The lowest BCUT2D eigenvalue weighted by Gasteiger charge is -2.16. The van der Waals surface area contributed by atoms with Gasteiger partial charge in [0.05, 0.1) is 10.6 Å². The largest absolute Gasteiger partial charge is 0.344 e. The number of thiocarbonyl (C=S) groups is 1. The predicted molar refractivity (Wildman–Crippen MR) is 119 cm³/mol. The molecule has 0 unspecified atom stereocenters. The summed E-state index contributed by atoms with van der Waals surface area (Å²) in [5, 5.41) is 1.15. The first-order valence-corrected chi connectivity index (χ1v) is 10.1. The van der Waals surface area contributed by atoms with Crippen LogP contribution in [0.5, 0.6) is 0 Å². The van der Waals surface area contributed by atoms with Crippen LogP contribution < -0.4 is 4.90 Å². The van der Waals surface area contributed by atoms with Crippen molar-refractivity contribution in [3.05, 3.63) is 70.8 Å². The van der Waals surface area contributed by atoms with Gasteiger partial charge < -0.3 is 4.57 Å². The highest BCUT2D eigenvalue weighted by Gasteiger charge is 2.34. The van der Waals surface area contributed by atoms with Gasteiger partial charge in [-0.2, -0.15) is 0 Å². The van der Waals surface area contributed by atoms with Crippen LogP contribution in [-0.4, -0.2) is 14.8 Å². The van der Waals surface area contributed by atoms with E-state index < -0.39 is 0 Å². The Morgan fingerprint density at radius 3 is 2.52 bits per heavy atom. The third kappa shape index (κ3) is 3.11. The molecule has 1 fully saturated rings. The molecule has 0 aliphatic carbocycles. The van der Waals surface area contributed by atoms with Gasteiger partial charge >= 0.3 is 0 Å². The molecule has 4 rings (SSSR count). The van der Waals surface area contributed by atoms with E-state index in [4.69, 9.17) is 12.2 Å². The Labute approximate surface area is 168 Å². The monoisotopic (exact) mass is 392 g/mol. The number of aromatic nitrogens is 1. The van der Waals surface area contributed by atoms with Gasteiger partial charge in [-0.05, 0) is 44.5 Å². The molecule has 2 heterocycles. The van der Waals surface area contributed by atoms with Crippen molar-refractivity contribution in [1.82, 2.24) is 4.57 Å². The van der Waals surface area contributed by atoms with Crippen LogP contribution in [0.1, 0.15) is 31.0 Å². The van der Waals surface area contributed by atoms with Crippen molar-refractivity contribution in [2.45, 2.75) is 26.8 Å². The summed E-state index contributed by atoms with van der Waals surface area (Å²) in [6.45, 7) is 6.32. The maximum atomic E-state index is 13.1. The van der Waals surface area contributed by atoms with Crippen LogP contribution in [0, 0.1) is 6.92 Å². The summed E-state index contributed by atoms with van der Waals surface area (Å²) in [7, 11) is 0. The number of aryl methyl sites for hydroxylation is 1. The lowest BCUT2D eigenvalue weighted by atomic mass is 10.1. The van der Waals surface area contributed by atoms with Gasteiger partial charge in [-0.3, -0.25) is 9.69 Å². The molecule has 1 amide bonds. The van der Waals surface area contributed by atoms with Crippen molar-refractivity contribution in [2.24, 2.45) is 0 Å². The zero-order valence-corrected chi connectivity index (χ0v) is 17.1. The normalized spacial score (nSPS) is 16.3. The Balaban J connectivity index is 1.78. The van der Waals surface area contributed by atoms with Crippen molar-refractivity contribution >= 4 is 56.9 Å². The molecule has 1 saturated heterocycles. The maximum absolute atomic E-state index is 13.1. The average molecular weight is 393 g/mol. The van der Waals surface area contributed by atoms with Gasteiger partial charge in [0.25, 0.3) is 5.91 Å². The first-order chi connectivity index (χ1) is 13.0. The minimum absolute atomic E-state index is 0.0549. The molecule has 0 bridgehead atoms. The molecule has 3 nitrogen and oxygen atoms in total. The summed E-state index contributed by atoms with van der Waals surface area (Å²) in [6, 6.07) is 16.5. The highest BCUT2D eigenvalue weighted by molar-refractivity contribution is 8.27. The SMILES string of the molecule is Cc1ccccc1N1C(=O)/C(=C\c2cn(C(C)C)c3ccccc23)SC1=S. The highest BCUT2D eigenvalue weighted by atomic mass is 32.2. The van der Waals surface area contributed by atoms with E-state index in [0.717, 1.165) is 22.2 Å². The molecule has 0 N–H and O–H groups in total. The first kappa shape index (κ1) is 18.0. The van der Waals surface area contributed by atoms with Crippen LogP contribution in [0.25, 0.3) is 17.0 Å². The molecule has 3 aromatic rings. The average Bonchev–Trinajstić information content (AvgIpc) is 3.14. The number of benzene rings is 2. The molecule has 136 valence electrons. The Hall–Kier alpha value is -2.37. The molecule has 0 spiro atoms. The fraction of sp³-hybridized carbons (Fsp3) is 0.182. The van der Waals surface area contributed by atoms with E-state index in [1.807, 2.05) is 49.4 Å². The molecular formula is C22H20N2OS2. The number of amides is 1. The Bertz CT molecular complexity index is 1090. The third-order valence-electron chi connectivity index (χ3n) is 4.76. The number of nitrogens with zero attached hydrogens (tertiary/aromatic N) is 2. The van der Waals surface area contributed by atoms with Gasteiger partial charge in [-0.15, -0.1) is 0 Å². The van der Waals surface area contributed by atoms with Crippen molar-refractivity contribution in [2.75, 3.05) is 4.90 Å². The summed E-state index contributed by atoms with van der Waals surface area (Å²) in [4.78, 5) is 15.4. The number of hydrogen-bond acceptors (Lipinski definition) is 3. The summed E-state index contributed by atoms with van der Waals surface area (Å²) < 4.78 is 2.82. The van der Waals surface area contributed by atoms with Crippen LogP contribution >= 0.6 is 24.0 Å². The molecular weight excluding hydrogens is 372 g/mol. The second-order valence-electron chi connectivity index (χ2n) is 6.91. The van der Waals surface area contributed by atoms with Gasteiger partial charge in [-0.1, -0.05) is 60.4 Å². The molecule has 5 heteroatoms. The van der Waals surface area contributed by atoms with E-state index in [1.165, 1.54) is 17.3 Å². The number of para-hydroxylation sites is 2. The fourth-order valence-electron chi connectivity index (χ4n) is 3.41. The van der Waals surface area contributed by atoms with E-state index in [1.54, 1.807) is 4.90 Å². The summed E-state index contributed by atoms with van der Waals surface area (Å²) in [5.41, 5.74) is 4.11. The molecule has 2 aromatic carbocycles.